The van der Waals surface area contributed by atoms with E-state index < -0.39 is 29.1 Å². The normalized spacial score (nSPS) is 12.7. The van der Waals surface area contributed by atoms with Crippen molar-refractivity contribution in [1.82, 2.24) is 10.6 Å². The van der Waals surface area contributed by atoms with E-state index in [1.54, 1.807) is 0 Å². The summed E-state index contributed by atoms with van der Waals surface area (Å²) in [6.45, 7) is 1.40. The highest BCUT2D eigenvalue weighted by atomic mass is 35.5. The van der Waals surface area contributed by atoms with Crippen molar-refractivity contribution in [2.24, 2.45) is 0 Å². The van der Waals surface area contributed by atoms with Gasteiger partial charge in [0.25, 0.3) is 0 Å². The molecule has 0 radical (unpaired) electrons. The molecule has 2 N–H and O–H groups in total. The lowest BCUT2D eigenvalue weighted by Gasteiger charge is -2.09. The number of halogens is 4. The van der Waals surface area contributed by atoms with Gasteiger partial charge in [0.2, 0.25) is 5.91 Å². The summed E-state index contributed by atoms with van der Waals surface area (Å²) in [5.74, 6) is -0.656. The summed E-state index contributed by atoms with van der Waals surface area (Å²) in [7, 11) is 0. The molecule has 1 rings (SSSR count). The first-order valence-electron chi connectivity index (χ1n) is 5.59. The number of amides is 3. The Morgan fingerprint density at radius 1 is 1.25 bits per heavy atom. The van der Waals surface area contributed by atoms with E-state index in [1.807, 2.05) is 5.32 Å². The number of hydrogen-bond acceptors (Lipinski definition) is 2. The Bertz CT molecular complexity index is 486. The van der Waals surface area contributed by atoms with Crippen LogP contribution in [0.15, 0.2) is 24.3 Å². The number of hydrogen-bond donors (Lipinski definition) is 2. The minimum Gasteiger partial charge on any atom is -0.334 e. The maximum absolute atomic E-state index is 12.3. The lowest BCUT2D eigenvalue weighted by molar-refractivity contribution is -0.137. The van der Waals surface area contributed by atoms with Crippen LogP contribution < -0.4 is 10.6 Å². The van der Waals surface area contributed by atoms with Crippen molar-refractivity contribution in [2.75, 3.05) is 0 Å². The fourth-order valence-corrected chi connectivity index (χ4v) is 1.30. The third kappa shape index (κ3) is 5.08. The van der Waals surface area contributed by atoms with Crippen molar-refractivity contribution in [1.29, 1.82) is 0 Å². The highest BCUT2D eigenvalue weighted by molar-refractivity contribution is 6.31. The molecule has 1 atom stereocenters. The van der Waals surface area contributed by atoms with E-state index in [0.29, 0.717) is 5.56 Å². The van der Waals surface area contributed by atoms with Gasteiger partial charge in [0.15, 0.2) is 0 Å². The molecule has 8 heteroatoms. The predicted molar refractivity (Wildman–Crippen MR) is 67.1 cm³/mol. The number of nitrogens with one attached hydrogen (secondary N) is 2. The van der Waals surface area contributed by atoms with Gasteiger partial charge >= 0.3 is 12.2 Å². The van der Waals surface area contributed by atoms with Gasteiger partial charge in [-0.3, -0.25) is 10.1 Å². The minimum atomic E-state index is -4.40. The Hall–Kier alpha value is -1.76. The summed E-state index contributed by atoms with van der Waals surface area (Å²) in [6, 6.07) is 3.56. The molecule has 0 spiro atoms. The molecule has 0 aliphatic carbocycles. The van der Waals surface area contributed by atoms with Gasteiger partial charge in [-0.25, -0.2) is 4.79 Å². The number of alkyl halides is 4. The summed E-state index contributed by atoms with van der Waals surface area (Å²) in [6.07, 6.45) is -4.40. The van der Waals surface area contributed by atoms with E-state index in [1.165, 1.54) is 19.1 Å². The molecule has 1 aromatic rings. The fourth-order valence-electron chi connectivity index (χ4n) is 1.25. The molecule has 0 bridgehead atoms. The molecule has 1 aromatic carbocycles. The monoisotopic (exact) mass is 308 g/mol. The van der Waals surface area contributed by atoms with Gasteiger partial charge in [0.05, 0.1) is 5.56 Å². The number of rotatable bonds is 3. The van der Waals surface area contributed by atoms with Crippen LogP contribution in [0.25, 0.3) is 0 Å². The summed E-state index contributed by atoms with van der Waals surface area (Å²) in [5, 5.41) is 3.46. The smallest absolute Gasteiger partial charge is 0.334 e. The molecule has 110 valence electrons. The first-order valence-corrected chi connectivity index (χ1v) is 6.02. The van der Waals surface area contributed by atoms with Crippen molar-refractivity contribution in [2.45, 2.75) is 25.0 Å². The molecule has 3 amide bonds. The van der Waals surface area contributed by atoms with Crippen molar-refractivity contribution in [3.8, 4) is 0 Å². The van der Waals surface area contributed by atoms with Crippen LogP contribution in [0.4, 0.5) is 18.0 Å². The van der Waals surface area contributed by atoms with Crippen molar-refractivity contribution in [3.05, 3.63) is 35.4 Å². The van der Waals surface area contributed by atoms with Crippen LogP contribution in [0.2, 0.25) is 0 Å². The molecule has 0 aromatic heterocycles. The fraction of sp³-hybridized carbons (Fsp3) is 0.333. The summed E-state index contributed by atoms with van der Waals surface area (Å²) in [4.78, 5) is 22.4. The van der Waals surface area contributed by atoms with E-state index in [0.717, 1.165) is 12.1 Å². The van der Waals surface area contributed by atoms with Crippen LogP contribution in [0, 0.1) is 0 Å². The standard InChI is InChI=1S/C12H12ClF3N2O2/c1-7(13)10(19)18-11(20)17-6-8-2-4-9(5-3-8)12(14,15)16/h2-5,7H,6H2,1H3,(H2,17,18,19,20). The molecule has 20 heavy (non-hydrogen) atoms. The van der Waals surface area contributed by atoms with Crippen LogP contribution in [0.1, 0.15) is 18.1 Å². The number of carbonyl (C=O) groups is 2. The maximum Gasteiger partial charge on any atom is 0.416 e. The van der Waals surface area contributed by atoms with E-state index in [-0.39, 0.29) is 6.54 Å². The van der Waals surface area contributed by atoms with Crippen molar-refractivity contribution < 1.29 is 22.8 Å². The van der Waals surface area contributed by atoms with Crippen LogP contribution in [0.3, 0.4) is 0 Å². The Kier molecular flexibility index (Phi) is 5.38. The third-order valence-electron chi connectivity index (χ3n) is 2.33. The molecule has 0 aliphatic rings. The second-order valence-electron chi connectivity index (χ2n) is 3.98. The minimum absolute atomic E-state index is 0.00603. The first-order chi connectivity index (χ1) is 9.20. The molecule has 0 saturated heterocycles. The Morgan fingerprint density at radius 2 is 1.80 bits per heavy atom. The molecular weight excluding hydrogens is 297 g/mol. The molecular formula is C12H12ClF3N2O2. The zero-order valence-corrected chi connectivity index (χ0v) is 11.2. The number of carbonyl (C=O) groups excluding carboxylic acids is 2. The van der Waals surface area contributed by atoms with Gasteiger partial charge < -0.3 is 5.32 Å². The van der Waals surface area contributed by atoms with Crippen molar-refractivity contribution in [3.63, 3.8) is 0 Å². The highest BCUT2D eigenvalue weighted by Gasteiger charge is 2.29. The number of urea groups is 1. The summed E-state index contributed by atoms with van der Waals surface area (Å²) < 4.78 is 37.0. The SMILES string of the molecule is CC(Cl)C(=O)NC(=O)NCc1ccc(C(F)(F)F)cc1. The molecule has 0 heterocycles. The Labute approximate surface area is 118 Å². The lowest BCUT2D eigenvalue weighted by atomic mass is 10.1. The Morgan fingerprint density at radius 3 is 2.25 bits per heavy atom. The largest absolute Gasteiger partial charge is 0.416 e. The molecule has 4 nitrogen and oxygen atoms in total. The second kappa shape index (κ2) is 6.60. The number of benzene rings is 1. The average Bonchev–Trinajstić information content (AvgIpc) is 2.35. The van der Waals surface area contributed by atoms with Gasteiger partial charge in [-0.2, -0.15) is 13.2 Å². The lowest BCUT2D eigenvalue weighted by Crippen LogP contribution is -2.41. The predicted octanol–water partition coefficient (Wildman–Crippen LogP) is 2.66. The van der Waals surface area contributed by atoms with Gasteiger partial charge in [-0.15, -0.1) is 11.6 Å². The van der Waals surface area contributed by atoms with E-state index in [9.17, 15) is 22.8 Å². The Balaban J connectivity index is 2.50. The zero-order valence-electron chi connectivity index (χ0n) is 10.4. The quantitative estimate of drug-likeness (QED) is 0.843. The van der Waals surface area contributed by atoms with E-state index in [2.05, 4.69) is 5.32 Å². The van der Waals surface area contributed by atoms with Crippen LogP contribution in [0.5, 0.6) is 0 Å². The van der Waals surface area contributed by atoms with E-state index >= 15 is 0 Å². The zero-order chi connectivity index (χ0) is 15.3. The number of imide groups is 1. The summed E-state index contributed by atoms with van der Waals surface area (Å²) >= 11 is 5.45. The molecule has 0 saturated carbocycles. The van der Waals surface area contributed by atoms with Gasteiger partial charge in [-0.1, -0.05) is 12.1 Å². The highest BCUT2D eigenvalue weighted by Crippen LogP contribution is 2.28. The second-order valence-corrected chi connectivity index (χ2v) is 4.64. The summed E-state index contributed by atoms with van der Waals surface area (Å²) in [5.41, 5.74) is -0.295. The van der Waals surface area contributed by atoms with Crippen LogP contribution >= 0.6 is 11.6 Å². The van der Waals surface area contributed by atoms with Gasteiger partial charge in [0, 0.05) is 6.54 Å². The maximum atomic E-state index is 12.3. The van der Waals surface area contributed by atoms with E-state index in [4.69, 9.17) is 11.6 Å². The first kappa shape index (κ1) is 16.3. The molecule has 0 aliphatic heterocycles. The topological polar surface area (TPSA) is 58.2 Å². The van der Waals surface area contributed by atoms with Crippen molar-refractivity contribution >= 4 is 23.5 Å². The average molecular weight is 309 g/mol. The van der Waals surface area contributed by atoms with Crippen LogP contribution in [-0.2, 0) is 17.5 Å². The molecule has 0 fully saturated rings. The third-order valence-corrected chi connectivity index (χ3v) is 2.53. The van der Waals surface area contributed by atoms with Gasteiger partial charge in [0.1, 0.15) is 5.38 Å². The van der Waals surface area contributed by atoms with Gasteiger partial charge in [-0.05, 0) is 24.6 Å². The molecule has 1 unspecified atom stereocenters. The van der Waals surface area contributed by atoms with Crippen LogP contribution in [-0.4, -0.2) is 17.3 Å².